The zero-order valence-corrected chi connectivity index (χ0v) is 19.1. The summed E-state index contributed by atoms with van der Waals surface area (Å²) in [4.78, 5) is 0. The first-order chi connectivity index (χ1) is 15.9. The number of ether oxygens (including phenoxy) is 4. The van der Waals surface area contributed by atoms with Crippen molar-refractivity contribution in [1.29, 1.82) is 0 Å². The zero-order chi connectivity index (χ0) is 23.1. The highest BCUT2D eigenvalue weighted by molar-refractivity contribution is 5.70. The minimum absolute atomic E-state index is 0.113. The van der Waals surface area contributed by atoms with Gasteiger partial charge in [0.2, 0.25) is 0 Å². The number of fused-ring (bicyclic) bond motifs is 3. The van der Waals surface area contributed by atoms with Crippen LogP contribution in [0.4, 0.5) is 0 Å². The largest absolute Gasteiger partial charge is 0.497 e. The van der Waals surface area contributed by atoms with E-state index in [1.807, 2.05) is 86.7 Å². The Balaban J connectivity index is 1.46. The Morgan fingerprint density at radius 3 is 2.64 bits per heavy atom. The van der Waals surface area contributed by atoms with Crippen molar-refractivity contribution in [2.45, 2.75) is 38.1 Å². The summed E-state index contributed by atoms with van der Waals surface area (Å²) in [6.45, 7) is 4.54. The van der Waals surface area contributed by atoms with E-state index in [9.17, 15) is 5.11 Å². The molecule has 33 heavy (non-hydrogen) atoms. The second-order valence-electron chi connectivity index (χ2n) is 9.14. The average Bonchev–Trinajstić information content (AvgIpc) is 2.82. The molecular weight excluding hydrogens is 416 g/mol. The minimum atomic E-state index is -1.24. The highest BCUT2D eigenvalue weighted by Crippen LogP contribution is 2.46. The average molecular weight is 445 g/mol. The van der Waals surface area contributed by atoms with Crippen molar-refractivity contribution in [3.05, 3.63) is 89.0 Å². The molecule has 5 nitrogen and oxygen atoms in total. The molecule has 170 valence electrons. The van der Waals surface area contributed by atoms with Gasteiger partial charge >= 0.3 is 0 Å². The van der Waals surface area contributed by atoms with Crippen molar-refractivity contribution >= 4 is 6.08 Å². The van der Waals surface area contributed by atoms with E-state index in [0.717, 1.165) is 28.2 Å². The molecule has 5 heteroatoms. The van der Waals surface area contributed by atoms with Crippen LogP contribution in [0.3, 0.4) is 0 Å². The van der Waals surface area contributed by atoms with Crippen LogP contribution in [0.2, 0.25) is 0 Å². The lowest BCUT2D eigenvalue weighted by molar-refractivity contribution is -0.0241. The number of hydrogen-bond donors (Lipinski definition) is 1. The second kappa shape index (κ2) is 8.16. The lowest BCUT2D eigenvalue weighted by atomic mass is 9.84. The van der Waals surface area contributed by atoms with Crippen LogP contribution in [0.1, 0.15) is 36.1 Å². The summed E-state index contributed by atoms with van der Waals surface area (Å²) in [5.41, 5.74) is 1.98. The third kappa shape index (κ3) is 4.16. The van der Waals surface area contributed by atoms with Gasteiger partial charge < -0.3 is 24.1 Å². The highest BCUT2D eigenvalue weighted by Gasteiger charge is 2.40. The topological polar surface area (TPSA) is 57.2 Å². The molecule has 0 amide bonds. The van der Waals surface area contributed by atoms with E-state index in [4.69, 9.17) is 18.9 Å². The Labute approximate surface area is 194 Å². The molecule has 0 bridgehead atoms. The van der Waals surface area contributed by atoms with Gasteiger partial charge in [-0.2, -0.15) is 0 Å². The van der Waals surface area contributed by atoms with Crippen molar-refractivity contribution < 1.29 is 24.1 Å². The van der Waals surface area contributed by atoms with Crippen molar-refractivity contribution in [3.63, 3.8) is 0 Å². The lowest BCUT2D eigenvalue weighted by Gasteiger charge is -2.37. The van der Waals surface area contributed by atoms with Crippen molar-refractivity contribution in [3.8, 4) is 23.0 Å². The molecule has 3 aromatic rings. The van der Waals surface area contributed by atoms with Crippen molar-refractivity contribution in [2.75, 3.05) is 13.7 Å². The molecule has 0 fully saturated rings. The van der Waals surface area contributed by atoms with Crippen molar-refractivity contribution in [1.82, 2.24) is 0 Å². The van der Waals surface area contributed by atoms with E-state index >= 15 is 0 Å². The van der Waals surface area contributed by atoms with Gasteiger partial charge in [0.25, 0.3) is 0 Å². The molecule has 3 aromatic carbocycles. The molecule has 0 spiro atoms. The summed E-state index contributed by atoms with van der Waals surface area (Å²) < 4.78 is 23.8. The molecule has 2 aliphatic rings. The van der Waals surface area contributed by atoms with E-state index in [2.05, 4.69) is 0 Å². The second-order valence-corrected chi connectivity index (χ2v) is 9.14. The number of hydrogen-bond acceptors (Lipinski definition) is 5. The fraction of sp³-hybridized carbons (Fsp3) is 0.286. The van der Waals surface area contributed by atoms with Crippen LogP contribution >= 0.6 is 0 Å². The number of benzene rings is 3. The Morgan fingerprint density at radius 2 is 1.85 bits per heavy atom. The van der Waals surface area contributed by atoms with Crippen LogP contribution in [0.25, 0.3) is 6.08 Å². The molecule has 2 heterocycles. The lowest BCUT2D eigenvalue weighted by Crippen LogP contribution is -2.39. The van der Waals surface area contributed by atoms with Gasteiger partial charge in [0, 0.05) is 18.1 Å². The maximum Gasteiger partial charge on any atom is 0.133 e. The first-order valence-corrected chi connectivity index (χ1v) is 11.1. The van der Waals surface area contributed by atoms with Gasteiger partial charge in [0.15, 0.2) is 0 Å². The fourth-order valence-electron chi connectivity index (χ4n) is 4.38. The predicted molar refractivity (Wildman–Crippen MR) is 127 cm³/mol. The molecule has 0 aliphatic carbocycles. The summed E-state index contributed by atoms with van der Waals surface area (Å²) in [5, 5.41) is 11.7. The van der Waals surface area contributed by atoms with E-state index in [0.29, 0.717) is 30.1 Å². The number of methoxy groups -OCH3 is 1. The van der Waals surface area contributed by atoms with Crippen LogP contribution in [0.5, 0.6) is 23.0 Å². The summed E-state index contributed by atoms with van der Waals surface area (Å²) in [6, 6.07) is 19.4. The molecule has 1 atom stereocenters. The Kier molecular flexibility index (Phi) is 5.29. The van der Waals surface area contributed by atoms with E-state index in [1.165, 1.54) is 0 Å². The fourth-order valence-corrected chi connectivity index (χ4v) is 4.38. The molecule has 1 unspecified atom stereocenters. The molecule has 2 aliphatic heterocycles. The maximum atomic E-state index is 11.7. The highest BCUT2D eigenvalue weighted by atomic mass is 16.5. The molecule has 0 saturated carbocycles. The SMILES string of the molecule is COc1ccc(C2(O)COc3c(ccc4c3C=CC(C)(C)O4)C2)c(OCc2ccccc2)c1. The molecular formula is C28H28O5. The van der Waals surface area contributed by atoms with E-state index < -0.39 is 5.60 Å². The predicted octanol–water partition coefficient (Wildman–Crippen LogP) is 5.28. The Hall–Kier alpha value is -3.44. The van der Waals surface area contributed by atoms with Gasteiger partial charge in [0.05, 0.1) is 12.7 Å². The quantitative estimate of drug-likeness (QED) is 0.580. The normalized spacial score (nSPS) is 20.1. The van der Waals surface area contributed by atoms with Gasteiger partial charge in [-0.3, -0.25) is 0 Å². The first kappa shape index (κ1) is 21.4. The molecule has 0 aromatic heterocycles. The monoisotopic (exact) mass is 444 g/mol. The van der Waals surface area contributed by atoms with Crippen LogP contribution in [-0.2, 0) is 18.6 Å². The molecule has 1 N–H and O–H groups in total. The summed E-state index contributed by atoms with van der Waals surface area (Å²) >= 11 is 0. The van der Waals surface area contributed by atoms with Gasteiger partial charge in [-0.05, 0) is 55.3 Å². The molecule has 0 saturated heterocycles. The third-order valence-corrected chi connectivity index (χ3v) is 6.13. The standard InChI is InChI=1S/C28H28O5/c1-27(2)14-13-22-24(33-27)12-9-20-16-28(29,18-32-26(20)22)23-11-10-21(30-3)15-25(23)31-17-19-7-5-4-6-8-19/h4-15,29H,16-18H2,1-3H3. The summed E-state index contributed by atoms with van der Waals surface area (Å²) in [5.74, 6) is 2.81. The minimum Gasteiger partial charge on any atom is -0.497 e. The Morgan fingerprint density at radius 1 is 1.03 bits per heavy atom. The number of aliphatic hydroxyl groups is 1. The van der Waals surface area contributed by atoms with Crippen LogP contribution < -0.4 is 18.9 Å². The Bertz CT molecular complexity index is 1200. The van der Waals surface area contributed by atoms with E-state index in [-0.39, 0.29) is 12.2 Å². The molecule has 0 radical (unpaired) electrons. The summed E-state index contributed by atoms with van der Waals surface area (Å²) in [7, 11) is 1.62. The van der Waals surface area contributed by atoms with Gasteiger partial charge in [0.1, 0.15) is 47.4 Å². The first-order valence-electron chi connectivity index (χ1n) is 11.1. The van der Waals surface area contributed by atoms with Gasteiger partial charge in [-0.25, -0.2) is 0 Å². The van der Waals surface area contributed by atoms with Crippen LogP contribution in [-0.4, -0.2) is 24.4 Å². The van der Waals surface area contributed by atoms with Gasteiger partial charge in [-0.1, -0.05) is 36.4 Å². The maximum absolute atomic E-state index is 11.7. The third-order valence-electron chi connectivity index (χ3n) is 6.13. The zero-order valence-electron chi connectivity index (χ0n) is 19.1. The van der Waals surface area contributed by atoms with Gasteiger partial charge in [-0.15, -0.1) is 0 Å². The van der Waals surface area contributed by atoms with E-state index in [1.54, 1.807) is 7.11 Å². The smallest absolute Gasteiger partial charge is 0.133 e. The van der Waals surface area contributed by atoms with Crippen LogP contribution in [0.15, 0.2) is 66.7 Å². The van der Waals surface area contributed by atoms with Crippen molar-refractivity contribution in [2.24, 2.45) is 0 Å². The molecule has 5 rings (SSSR count). The van der Waals surface area contributed by atoms with Crippen LogP contribution in [0, 0.1) is 0 Å². The summed E-state index contributed by atoms with van der Waals surface area (Å²) in [6.07, 6.45) is 4.48. The number of rotatable bonds is 5.